The highest BCUT2D eigenvalue weighted by Crippen LogP contribution is 2.18. The van der Waals surface area contributed by atoms with Gasteiger partial charge in [0.25, 0.3) is 0 Å². The van der Waals surface area contributed by atoms with Crippen LogP contribution < -0.4 is 10.1 Å². The van der Waals surface area contributed by atoms with Crippen molar-refractivity contribution in [3.05, 3.63) is 71.9 Å². The first-order valence-electron chi connectivity index (χ1n) is 9.54. The summed E-state index contributed by atoms with van der Waals surface area (Å²) in [6.07, 6.45) is 0.362. The molecule has 3 aromatic rings. The van der Waals surface area contributed by atoms with E-state index in [4.69, 9.17) is 9.26 Å². The molecule has 1 aromatic heterocycles. The van der Waals surface area contributed by atoms with Crippen LogP contribution in [0.1, 0.15) is 30.6 Å². The van der Waals surface area contributed by atoms with Gasteiger partial charge in [-0.15, -0.1) is 0 Å². The van der Waals surface area contributed by atoms with E-state index in [9.17, 15) is 13.2 Å². The molecule has 9 heteroatoms. The third-order valence-corrected chi connectivity index (χ3v) is 5.87. The molecular formula is C21H23N3O5S. The number of carbonyl (C=O) groups excluding carboxylic acids is 1. The zero-order valence-corrected chi connectivity index (χ0v) is 17.4. The number of aryl methyl sites for hydroxylation is 1. The molecule has 30 heavy (non-hydrogen) atoms. The lowest BCUT2D eigenvalue weighted by Gasteiger charge is -2.10. The number of hydrogen-bond donors (Lipinski definition) is 1. The minimum atomic E-state index is -3.56. The summed E-state index contributed by atoms with van der Waals surface area (Å²) in [5.41, 5.74) is 0.888. The molecule has 8 nitrogen and oxygen atoms in total. The second kappa shape index (κ2) is 10.0. The molecule has 0 atom stereocenters. The number of sulfone groups is 1. The number of carbonyl (C=O) groups is 1. The molecule has 3 rings (SSSR count). The van der Waals surface area contributed by atoms with Crippen molar-refractivity contribution in [2.24, 2.45) is 0 Å². The highest BCUT2D eigenvalue weighted by molar-refractivity contribution is 7.90. The Morgan fingerprint density at radius 1 is 1.10 bits per heavy atom. The summed E-state index contributed by atoms with van der Waals surface area (Å²) in [5, 5.41) is 6.55. The predicted molar refractivity (Wildman–Crippen MR) is 109 cm³/mol. The van der Waals surface area contributed by atoms with E-state index >= 15 is 0 Å². The molecule has 0 saturated heterocycles. The normalized spacial score (nSPS) is 11.2. The second-order valence-electron chi connectivity index (χ2n) is 6.49. The maximum absolute atomic E-state index is 12.4. The average molecular weight is 429 g/mol. The number of ether oxygens (including phenoxy) is 1. The van der Waals surface area contributed by atoms with Gasteiger partial charge in [0, 0.05) is 24.9 Å². The maximum atomic E-state index is 12.4. The SMILES string of the molecule is CCOc1ccccc1CNC(=O)CCc1nc(CS(=O)(=O)c2ccccc2)no1. The molecule has 0 aliphatic rings. The van der Waals surface area contributed by atoms with Crippen LogP contribution in [-0.2, 0) is 33.4 Å². The van der Waals surface area contributed by atoms with Gasteiger partial charge in [-0.1, -0.05) is 41.6 Å². The molecule has 2 aromatic carbocycles. The highest BCUT2D eigenvalue weighted by atomic mass is 32.2. The van der Waals surface area contributed by atoms with Crippen molar-refractivity contribution >= 4 is 15.7 Å². The minimum absolute atomic E-state index is 0.0694. The summed E-state index contributed by atoms with van der Waals surface area (Å²) in [6, 6.07) is 15.6. The van der Waals surface area contributed by atoms with Crippen LogP contribution in [0.3, 0.4) is 0 Å². The lowest BCUT2D eigenvalue weighted by atomic mass is 10.2. The second-order valence-corrected chi connectivity index (χ2v) is 8.48. The van der Waals surface area contributed by atoms with Gasteiger partial charge in [0.15, 0.2) is 15.7 Å². The van der Waals surface area contributed by atoms with Crippen LogP contribution in [0, 0.1) is 0 Å². The Hall–Kier alpha value is -3.20. The number of nitrogens with zero attached hydrogens (tertiary/aromatic N) is 2. The van der Waals surface area contributed by atoms with E-state index in [2.05, 4.69) is 15.5 Å². The largest absolute Gasteiger partial charge is 0.494 e. The fourth-order valence-electron chi connectivity index (χ4n) is 2.78. The van der Waals surface area contributed by atoms with E-state index in [0.717, 1.165) is 11.3 Å². The minimum Gasteiger partial charge on any atom is -0.494 e. The molecule has 0 aliphatic heterocycles. The Labute approximate surface area is 175 Å². The molecule has 0 spiro atoms. The molecule has 0 fully saturated rings. The molecule has 0 bridgehead atoms. The van der Waals surface area contributed by atoms with E-state index in [-0.39, 0.29) is 41.1 Å². The van der Waals surface area contributed by atoms with E-state index in [1.54, 1.807) is 18.2 Å². The summed E-state index contributed by atoms with van der Waals surface area (Å²) in [7, 11) is -3.56. The van der Waals surface area contributed by atoms with E-state index in [1.165, 1.54) is 12.1 Å². The van der Waals surface area contributed by atoms with Crippen LogP contribution in [-0.4, -0.2) is 31.1 Å². The third kappa shape index (κ3) is 5.90. The van der Waals surface area contributed by atoms with Crippen molar-refractivity contribution in [2.45, 2.75) is 37.0 Å². The van der Waals surface area contributed by atoms with Crippen LogP contribution >= 0.6 is 0 Å². The molecule has 1 heterocycles. The quantitative estimate of drug-likeness (QED) is 0.527. The Balaban J connectivity index is 1.50. The number of para-hydroxylation sites is 1. The van der Waals surface area contributed by atoms with Crippen molar-refractivity contribution in [3.63, 3.8) is 0 Å². The van der Waals surface area contributed by atoms with Crippen LogP contribution in [0.15, 0.2) is 64.0 Å². The standard InChI is InChI=1S/C21H23N3O5S/c1-2-28-18-11-7-6-8-16(18)14-22-20(25)12-13-21-23-19(24-29-21)15-30(26,27)17-9-4-3-5-10-17/h3-11H,2,12-15H2,1H3,(H,22,25). The van der Waals surface area contributed by atoms with E-state index in [1.807, 2.05) is 31.2 Å². The number of benzene rings is 2. The highest BCUT2D eigenvalue weighted by Gasteiger charge is 2.19. The zero-order chi connectivity index (χ0) is 21.4. The summed E-state index contributed by atoms with van der Waals surface area (Å²) in [4.78, 5) is 16.4. The Morgan fingerprint density at radius 3 is 2.60 bits per heavy atom. The zero-order valence-electron chi connectivity index (χ0n) is 16.6. The average Bonchev–Trinajstić information content (AvgIpc) is 3.19. The van der Waals surface area contributed by atoms with Crippen LogP contribution in [0.5, 0.6) is 5.75 Å². The maximum Gasteiger partial charge on any atom is 0.227 e. The van der Waals surface area contributed by atoms with Crippen molar-refractivity contribution in [3.8, 4) is 5.75 Å². The predicted octanol–water partition coefficient (Wildman–Crippen LogP) is 2.69. The van der Waals surface area contributed by atoms with Gasteiger partial charge in [-0.3, -0.25) is 4.79 Å². The first-order chi connectivity index (χ1) is 14.5. The molecule has 1 amide bonds. The smallest absolute Gasteiger partial charge is 0.227 e. The summed E-state index contributed by atoms with van der Waals surface area (Å²) < 4.78 is 35.4. The van der Waals surface area contributed by atoms with Crippen molar-refractivity contribution in [1.29, 1.82) is 0 Å². The van der Waals surface area contributed by atoms with Crippen molar-refractivity contribution in [2.75, 3.05) is 6.61 Å². The van der Waals surface area contributed by atoms with Gasteiger partial charge in [-0.05, 0) is 25.1 Å². The first kappa shape index (κ1) is 21.5. The van der Waals surface area contributed by atoms with Crippen LogP contribution in [0.25, 0.3) is 0 Å². The van der Waals surface area contributed by atoms with E-state index < -0.39 is 9.84 Å². The molecule has 0 aliphatic carbocycles. The fourth-order valence-corrected chi connectivity index (χ4v) is 3.98. The lowest BCUT2D eigenvalue weighted by Crippen LogP contribution is -2.23. The summed E-state index contributed by atoms with van der Waals surface area (Å²) in [5.74, 6) is 0.485. The van der Waals surface area contributed by atoms with Gasteiger partial charge >= 0.3 is 0 Å². The number of rotatable bonds is 10. The van der Waals surface area contributed by atoms with Gasteiger partial charge in [-0.2, -0.15) is 4.98 Å². The number of hydrogen-bond acceptors (Lipinski definition) is 7. The van der Waals surface area contributed by atoms with Gasteiger partial charge in [0.1, 0.15) is 11.5 Å². The molecule has 158 valence electrons. The van der Waals surface area contributed by atoms with Crippen molar-refractivity contribution in [1.82, 2.24) is 15.5 Å². The number of amides is 1. The molecule has 0 saturated carbocycles. The summed E-state index contributed by atoms with van der Waals surface area (Å²) >= 11 is 0. The summed E-state index contributed by atoms with van der Waals surface area (Å²) in [6.45, 7) is 2.79. The first-order valence-corrected chi connectivity index (χ1v) is 11.2. The van der Waals surface area contributed by atoms with Crippen LogP contribution in [0.4, 0.5) is 0 Å². The lowest BCUT2D eigenvalue weighted by molar-refractivity contribution is -0.121. The monoisotopic (exact) mass is 429 g/mol. The topological polar surface area (TPSA) is 111 Å². The molecule has 0 unspecified atom stereocenters. The van der Waals surface area contributed by atoms with Gasteiger partial charge in [0.05, 0.1) is 11.5 Å². The Kier molecular flexibility index (Phi) is 7.18. The van der Waals surface area contributed by atoms with Crippen molar-refractivity contribution < 1.29 is 22.5 Å². The molecular weight excluding hydrogens is 406 g/mol. The Morgan fingerprint density at radius 2 is 1.83 bits per heavy atom. The molecule has 0 radical (unpaired) electrons. The third-order valence-electron chi connectivity index (χ3n) is 4.25. The van der Waals surface area contributed by atoms with E-state index in [0.29, 0.717) is 13.2 Å². The Bertz CT molecular complexity index is 1080. The number of nitrogens with one attached hydrogen (secondary N) is 1. The number of aromatic nitrogens is 2. The fraction of sp³-hybridized carbons (Fsp3) is 0.286. The van der Waals surface area contributed by atoms with Gasteiger partial charge in [-0.25, -0.2) is 8.42 Å². The van der Waals surface area contributed by atoms with Crippen LogP contribution in [0.2, 0.25) is 0 Å². The van der Waals surface area contributed by atoms with Gasteiger partial charge < -0.3 is 14.6 Å². The van der Waals surface area contributed by atoms with Gasteiger partial charge in [0.2, 0.25) is 11.8 Å². The molecule has 1 N–H and O–H groups in total.